The molecule has 1 saturated heterocycles. The Morgan fingerprint density at radius 2 is 1.67 bits per heavy atom. The van der Waals surface area contributed by atoms with E-state index in [1.807, 2.05) is 30.3 Å². The van der Waals surface area contributed by atoms with E-state index in [4.69, 9.17) is 0 Å². The molecule has 0 amide bonds. The highest BCUT2D eigenvalue weighted by Crippen LogP contribution is 2.28. The maximum atomic E-state index is 10.3. The van der Waals surface area contributed by atoms with E-state index in [1.54, 1.807) is 0 Å². The Hall–Kier alpha value is -1.64. The van der Waals surface area contributed by atoms with Gasteiger partial charge in [-0.15, -0.1) is 0 Å². The largest absolute Gasteiger partial charge is 0.388 e. The van der Waals surface area contributed by atoms with E-state index in [0.29, 0.717) is 5.92 Å². The molecule has 110 valence electrons. The zero-order chi connectivity index (χ0) is 14.5. The summed E-state index contributed by atoms with van der Waals surface area (Å²) in [5.74, 6) is 0.601. The topological polar surface area (TPSA) is 23.5 Å². The average Bonchev–Trinajstić information content (AvgIpc) is 2.96. The Kier molecular flexibility index (Phi) is 4.69. The molecule has 1 aliphatic rings. The van der Waals surface area contributed by atoms with Crippen LogP contribution < -0.4 is 0 Å². The molecule has 2 atom stereocenters. The van der Waals surface area contributed by atoms with Crippen molar-refractivity contribution in [1.82, 2.24) is 4.90 Å². The molecule has 0 saturated carbocycles. The maximum Gasteiger partial charge on any atom is 0.0793 e. The van der Waals surface area contributed by atoms with Gasteiger partial charge in [0, 0.05) is 13.1 Å². The smallest absolute Gasteiger partial charge is 0.0793 e. The predicted molar refractivity (Wildman–Crippen MR) is 85.8 cm³/mol. The SMILES string of the molecule is OC(CC1CCN(Cc2ccccc2)C1)c1ccccc1. The van der Waals surface area contributed by atoms with Crippen molar-refractivity contribution in [3.8, 4) is 0 Å². The second kappa shape index (κ2) is 6.88. The van der Waals surface area contributed by atoms with E-state index < -0.39 is 0 Å². The highest BCUT2D eigenvalue weighted by molar-refractivity contribution is 5.17. The fraction of sp³-hybridized carbons (Fsp3) is 0.368. The van der Waals surface area contributed by atoms with Crippen molar-refractivity contribution in [3.05, 3.63) is 71.8 Å². The number of nitrogens with zero attached hydrogens (tertiary/aromatic N) is 1. The monoisotopic (exact) mass is 281 g/mol. The Bertz CT molecular complexity index is 540. The van der Waals surface area contributed by atoms with Gasteiger partial charge < -0.3 is 5.11 Å². The molecule has 1 aliphatic heterocycles. The number of benzene rings is 2. The van der Waals surface area contributed by atoms with Gasteiger partial charge >= 0.3 is 0 Å². The maximum absolute atomic E-state index is 10.3. The second-order valence-corrected chi connectivity index (χ2v) is 6.04. The van der Waals surface area contributed by atoms with E-state index in [0.717, 1.165) is 31.6 Å². The van der Waals surface area contributed by atoms with Crippen LogP contribution in [-0.2, 0) is 6.54 Å². The van der Waals surface area contributed by atoms with Crippen LogP contribution in [0.5, 0.6) is 0 Å². The molecule has 0 aliphatic carbocycles. The van der Waals surface area contributed by atoms with Crippen molar-refractivity contribution in [2.45, 2.75) is 25.5 Å². The molecule has 21 heavy (non-hydrogen) atoms. The van der Waals surface area contributed by atoms with Crippen molar-refractivity contribution in [2.24, 2.45) is 5.92 Å². The van der Waals surface area contributed by atoms with Crippen LogP contribution in [0, 0.1) is 5.92 Å². The first-order valence-electron chi connectivity index (χ1n) is 7.80. The number of aliphatic hydroxyl groups is 1. The van der Waals surface area contributed by atoms with Gasteiger partial charge in [0.1, 0.15) is 0 Å². The fourth-order valence-corrected chi connectivity index (χ4v) is 3.22. The van der Waals surface area contributed by atoms with E-state index >= 15 is 0 Å². The van der Waals surface area contributed by atoms with Gasteiger partial charge in [-0.3, -0.25) is 4.90 Å². The first-order chi connectivity index (χ1) is 10.3. The van der Waals surface area contributed by atoms with Gasteiger partial charge in [-0.05, 0) is 36.4 Å². The van der Waals surface area contributed by atoms with Gasteiger partial charge in [-0.1, -0.05) is 60.7 Å². The molecule has 0 bridgehead atoms. The van der Waals surface area contributed by atoms with Crippen molar-refractivity contribution in [3.63, 3.8) is 0 Å². The van der Waals surface area contributed by atoms with Crippen LogP contribution in [0.3, 0.4) is 0 Å². The molecule has 1 N–H and O–H groups in total. The minimum absolute atomic E-state index is 0.326. The first kappa shape index (κ1) is 14.3. The number of rotatable bonds is 5. The van der Waals surface area contributed by atoms with Crippen LogP contribution in [0.25, 0.3) is 0 Å². The van der Waals surface area contributed by atoms with E-state index in [1.165, 1.54) is 12.0 Å². The van der Waals surface area contributed by atoms with Gasteiger partial charge in [0.2, 0.25) is 0 Å². The highest BCUT2D eigenvalue weighted by atomic mass is 16.3. The lowest BCUT2D eigenvalue weighted by Gasteiger charge is -2.18. The number of likely N-dealkylation sites (tertiary alicyclic amines) is 1. The van der Waals surface area contributed by atoms with Crippen molar-refractivity contribution >= 4 is 0 Å². The predicted octanol–water partition coefficient (Wildman–Crippen LogP) is 3.63. The summed E-state index contributed by atoms with van der Waals surface area (Å²) in [6.07, 6.45) is 1.74. The lowest BCUT2D eigenvalue weighted by molar-refractivity contribution is 0.144. The fourth-order valence-electron chi connectivity index (χ4n) is 3.22. The lowest BCUT2D eigenvalue weighted by Crippen LogP contribution is -2.20. The van der Waals surface area contributed by atoms with Gasteiger partial charge in [-0.2, -0.15) is 0 Å². The quantitative estimate of drug-likeness (QED) is 0.904. The van der Waals surface area contributed by atoms with Gasteiger partial charge in [0.15, 0.2) is 0 Å². The summed E-state index contributed by atoms with van der Waals surface area (Å²) in [5.41, 5.74) is 2.42. The third kappa shape index (κ3) is 3.93. The molecule has 2 aromatic carbocycles. The van der Waals surface area contributed by atoms with E-state index in [-0.39, 0.29) is 6.10 Å². The van der Waals surface area contributed by atoms with Gasteiger partial charge in [-0.25, -0.2) is 0 Å². The molecule has 1 fully saturated rings. The molecule has 2 unspecified atom stereocenters. The Labute approximate surface area is 127 Å². The zero-order valence-corrected chi connectivity index (χ0v) is 12.4. The summed E-state index contributed by atoms with van der Waals surface area (Å²) in [6, 6.07) is 20.6. The summed E-state index contributed by atoms with van der Waals surface area (Å²) in [7, 11) is 0. The average molecular weight is 281 g/mol. The first-order valence-corrected chi connectivity index (χ1v) is 7.80. The number of aliphatic hydroxyl groups excluding tert-OH is 1. The molecular weight excluding hydrogens is 258 g/mol. The molecular formula is C19H23NO. The van der Waals surface area contributed by atoms with Crippen LogP contribution in [-0.4, -0.2) is 23.1 Å². The molecule has 2 heteroatoms. The van der Waals surface area contributed by atoms with Crippen LogP contribution in [0.4, 0.5) is 0 Å². The number of hydrogen-bond acceptors (Lipinski definition) is 2. The Morgan fingerprint density at radius 1 is 1.00 bits per heavy atom. The minimum Gasteiger partial charge on any atom is -0.388 e. The van der Waals surface area contributed by atoms with Crippen molar-refractivity contribution < 1.29 is 5.11 Å². The Morgan fingerprint density at radius 3 is 2.38 bits per heavy atom. The molecule has 3 rings (SSSR count). The zero-order valence-electron chi connectivity index (χ0n) is 12.4. The van der Waals surface area contributed by atoms with Gasteiger partial charge in [0.25, 0.3) is 0 Å². The van der Waals surface area contributed by atoms with Crippen LogP contribution in [0.2, 0.25) is 0 Å². The molecule has 2 nitrogen and oxygen atoms in total. The van der Waals surface area contributed by atoms with E-state index in [9.17, 15) is 5.11 Å². The summed E-state index contributed by atoms with van der Waals surface area (Å²) in [6.45, 7) is 3.26. The van der Waals surface area contributed by atoms with Crippen molar-refractivity contribution in [1.29, 1.82) is 0 Å². The lowest BCUT2D eigenvalue weighted by atomic mass is 9.96. The highest BCUT2D eigenvalue weighted by Gasteiger charge is 2.25. The van der Waals surface area contributed by atoms with Crippen LogP contribution >= 0.6 is 0 Å². The summed E-state index contributed by atoms with van der Waals surface area (Å²) < 4.78 is 0. The molecule has 2 aromatic rings. The van der Waals surface area contributed by atoms with Crippen LogP contribution in [0.1, 0.15) is 30.1 Å². The minimum atomic E-state index is -0.326. The molecule has 0 aromatic heterocycles. The van der Waals surface area contributed by atoms with Crippen molar-refractivity contribution in [2.75, 3.05) is 13.1 Å². The number of hydrogen-bond donors (Lipinski definition) is 1. The summed E-state index contributed by atoms with van der Waals surface area (Å²) in [5, 5.41) is 10.3. The van der Waals surface area contributed by atoms with E-state index in [2.05, 4.69) is 35.2 Å². The standard InChI is InChI=1S/C19H23NO/c21-19(18-9-5-2-6-10-18)13-17-11-12-20(15-17)14-16-7-3-1-4-8-16/h1-10,17,19,21H,11-15H2. The molecule has 0 spiro atoms. The summed E-state index contributed by atoms with van der Waals surface area (Å²) in [4.78, 5) is 2.50. The Balaban J connectivity index is 1.51. The normalized spacial score (nSPS) is 20.5. The molecule has 0 radical (unpaired) electrons. The molecule has 1 heterocycles. The third-order valence-electron chi connectivity index (χ3n) is 4.36. The van der Waals surface area contributed by atoms with Crippen LogP contribution in [0.15, 0.2) is 60.7 Å². The van der Waals surface area contributed by atoms with Gasteiger partial charge in [0.05, 0.1) is 6.10 Å². The second-order valence-electron chi connectivity index (χ2n) is 6.04. The third-order valence-corrected chi connectivity index (χ3v) is 4.36. The summed E-state index contributed by atoms with van der Waals surface area (Å²) >= 11 is 0.